The Morgan fingerprint density at radius 1 is 1.38 bits per heavy atom. The average molecular weight is 332 g/mol. The summed E-state index contributed by atoms with van der Waals surface area (Å²) < 4.78 is 5.45. The monoisotopic (exact) mass is 332 g/mol. The largest absolute Gasteiger partial charge is 0.496 e. The second-order valence-corrected chi connectivity index (χ2v) is 6.76. The number of likely N-dealkylation sites (tertiary alicyclic amines) is 1. The van der Waals surface area contributed by atoms with E-state index in [-0.39, 0.29) is 11.4 Å². The molecular weight excluding hydrogens is 308 g/mol. The Labute approximate surface area is 141 Å². The lowest BCUT2D eigenvalue weighted by atomic mass is 9.95. The highest BCUT2D eigenvalue weighted by molar-refractivity contribution is 5.76. The van der Waals surface area contributed by atoms with Crippen LogP contribution in [0.4, 0.5) is 4.79 Å². The van der Waals surface area contributed by atoms with Gasteiger partial charge in [0, 0.05) is 30.6 Å². The number of carbonyl (C=O) groups is 2. The molecule has 0 aromatic heterocycles. The van der Waals surface area contributed by atoms with Crippen molar-refractivity contribution >= 4 is 12.0 Å². The highest BCUT2D eigenvalue weighted by Gasteiger charge is 2.46. The quantitative estimate of drug-likeness (QED) is 0.867. The van der Waals surface area contributed by atoms with Crippen LogP contribution in [-0.4, -0.2) is 48.8 Å². The van der Waals surface area contributed by atoms with E-state index in [1.807, 2.05) is 18.2 Å². The van der Waals surface area contributed by atoms with Crippen molar-refractivity contribution < 1.29 is 19.4 Å². The molecule has 1 atom stereocenters. The number of rotatable bonds is 5. The van der Waals surface area contributed by atoms with Crippen LogP contribution in [0.5, 0.6) is 5.75 Å². The maximum Gasteiger partial charge on any atom is 0.317 e. The molecule has 1 saturated carbocycles. The van der Waals surface area contributed by atoms with Crippen molar-refractivity contribution in [3.05, 3.63) is 29.8 Å². The SMILES string of the molecule is COc1ccccc1C1(CNC(=O)N2CCCC(C(=O)O)C2)CC1. The predicted molar refractivity (Wildman–Crippen MR) is 89.2 cm³/mol. The first kappa shape index (κ1) is 16.6. The summed E-state index contributed by atoms with van der Waals surface area (Å²) in [5.41, 5.74) is 1.08. The van der Waals surface area contributed by atoms with Crippen molar-refractivity contribution in [1.29, 1.82) is 0 Å². The molecule has 24 heavy (non-hydrogen) atoms. The number of amides is 2. The number of hydrogen-bond acceptors (Lipinski definition) is 3. The summed E-state index contributed by atoms with van der Waals surface area (Å²) in [4.78, 5) is 25.2. The van der Waals surface area contributed by atoms with Gasteiger partial charge in [0.25, 0.3) is 0 Å². The number of para-hydroxylation sites is 1. The van der Waals surface area contributed by atoms with Crippen LogP contribution in [0.15, 0.2) is 24.3 Å². The number of aliphatic carboxylic acids is 1. The molecule has 6 heteroatoms. The summed E-state index contributed by atoms with van der Waals surface area (Å²) in [7, 11) is 1.66. The van der Waals surface area contributed by atoms with Crippen molar-refractivity contribution in [1.82, 2.24) is 10.2 Å². The molecule has 1 aliphatic heterocycles. The van der Waals surface area contributed by atoms with E-state index >= 15 is 0 Å². The summed E-state index contributed by atoms with van der Waals surface area (Å²) in [5.74, 6) is -0.415. The van der Waals surface area contributed by atoms with Gasteiger partial charge in [-0.15, -0.1) is 0 Å². The molecule has 2 aliphatic rings. The minimum atomic E-state index is -0.819. The third-order valence-corrected chi connectivity index (χ3v) is 5.17. The summed E-state index contributed by atoms with van der Waals surface area (Å²) in [6.45, 7) is 1.47. The molecule has 1 aliphatic carbocycles. The molecule has 2 N–H and O–H groups in total. The second kappa shape index (κ2) is 6.71. The van der Waals surface area contributed by atoms with Gasteiger partial charge >= 0.3 is 12.0 Å². The summed E-state index contributed by atoms with van der Waals surface area (Å²) in [6, 6.07) is 7.76. The van der Waals surface area contributed by atoms with Gasteiger partial charge in [-0.3, -0.25) is 4.79 Å². The minimum absolute atomic E-state index is 0.0513. The molecule has 1 heterocycles. The smallest absolute Gasteiger partial charge is 0.317 e. The zero-order chi connectivity index (χ0) is 17.2. The van der Waals surface area contributed by atoms with E-state index in [1.165, 1.54) is 0 Å². The van der Waals surface area contributed by atoms with E-state index in [2.05, 4.69) is 11.4 Å². The molecule has 130 valence electrons. The van der Waals surface area contributed by atoms with E-state index in [1.54, 1.807) is 12.0 Å². The van der Waals surface area contributed by atoms with Gasteiger partial charge in [-0.1, -0.05) is 18.2 Å². The number of methoxy groups -OCH3 is 1. The van der Waals surface area contributed by atoms with Gasteiger partial charge in [-0.05, 0) is 31.7 Å². The Kier molecular flexibility index (Phi) is 4.64. The highest BCUT2D eigenvalue weighted by atomic mass is 16.5. The first-order valence-electron chi connectivity index (χ1n) is 8.45. The maximum absolute atomic E-state index is 12.4. The van der Waals surface area contributed by atoms with E-state index in [9.17, 15) is 9.59 Å². The van der Waals surface area contributed by atoms with Crippen LogP contribution >= 0.6 is 0 Å². The Hall–Kier alpha value is -2.24. The molecule has 3 rings (SSSR count). The standard InChI is InChI=1S/C18H24N2O4/c1-24-15-7-3-2-6-14(15)18(8-9-18)12-19-17(23)20-10-4-5-13(11-20)16(21)22/h2-3,6-7,13H,4-5,8-12H2,1H3,(H,19,23)(H,21,22). The zero-order valence-electron chi connectivity index (χ0n) is 14.0. The molecule has 1 saturated heterocycles. The average Bonchev–Trinajstić information content (AvgIpc) is 3.40. The molecule has 1 aromatic rings. The van der Waals surface area contributed by atoms with Crippen molar-refractivity contribution in [2.24, 2.45) is 5.92 Å². The number of urea groups is 1. The molecule has 0 spiro atoms. The third kappa shape index (κ3) is 3.32. The van der Waals surface area contributed by atoms with Gasteiger partial charge in [0.2, 0.25) is 0 Å². The van der Waals surface area contributed by atoms with Crippen molar-refractivity contribution in [2.75, 3.05) is 26.7 Å². The molecule has 0 bridgehead atoms. The van der Waals surface area contributed by atoms with Crippen molar-refractivity contribution in [3.63, 3.8) is 0 Å². The van der Waals surface area contributed by atoms with Gasteiger partial charge in [-0.25, -0.2) is 4.79 Å². The molecule has 2 amide bonds. The van der Waals surface area contributed by atoms with Gasteiger partial charge in [0.15, 0.2) is 0 Å². The lowest BCUT2D eigenvalue weighted by Crippen LogP contribution is -2.48. The molecule has 0 radical (unpaired) electrons. The van der Waals surface area contributed by atoms with Crippen LogP contribution in [0.1, 0.15) is 31.2 Å². The lowest BCUT2D eigenvalue weighted by molar-refractivity contribution is -0.143. The van der Waals surface area contributed by atoms with Gasteiger partial charge < -0.3 is 20.1 Å². The van der Waals surface area contributed by atoms with Crippen molar-refractivity contribution in [2.45, 2.75) is 31.1 Å². The fourth-order valence-corrected chi connectivity index (χ4v) is 3.49. The number of nitrogens with zero attached hydrogens (tertiary/aromatic N) is 1. The molecule has 2 fully saturated rings. The molecular formula is C18H24N2O4. The number of nitrogens with one attached hydrogen (secondary N) is 1. The fourth-order valence-electron chi connectivity index (χ4n) is 3.49. The van der Waals surface area contributed by atoms with E-state index in [0.29, 0.717) is 26.1 Å². The van der Waals surface area contributed by atoms with Crippen LogP contribution in [0.3, 0.4) is 0 Å². The van der Waals surface area contributed by atoms with Gasteiger partial charge in [0.05, 0.1) is 13.0 Å². The summed E-state index contributed by atoms with van der Waals surface area (Å²) >= 11 is 0. The minimum Gasteiger partial charge on any atom is -0.496 e. The number of piperidine rings is 1. The van der Waals surface area contributed by atoms with Crippen molar-refractivity contribution in [3.8, 4) is 5.75 Å². The maximum atomic E-state index is 12.4. The topological polar surface area (TPSA) is 78.9 Å². The molecule has 6 nitrogen and oxygen atoms in total. The second-order valence-electron chi connectivity index (χ2n) is 6.76. The number of benzene rings is 1. The zero-order valence-corrected chi connectivity index (χ0v) is 14.0. The van der Waals surface area contributed by atoms with Crippen LogP contribution in [0.2, 0.25) is 0 Å². The van der Waals surface area contributed by atoms with E-state index in [0.717, 1.165) is 30.6 Å². The Bertz CT molecular complexity index is 627. The van der Waals surface area contributed by atoms with Gasteiger partial charge in [-0.2, -0.15) is 0 Å². The number of carboxylic acid groups (broad SMARTS) is 1. The normalized spacial score (nSPS) is 21.9. The lowest BCUT2D eigenvalue weighted by Gasteiger charge is -2.31. The highest BCUT2D eigenvalue weighted by Crippen LogP contribution is 2.50. The Morgan fingerprint density at radius 2 is 2.12 bits per heavy atom. The van der Waals surface area contributed by atoms with E-state index < -0.39 is 11.9 Å². The number of carbonyl (C=O) groups excluding carboxylic acids is 1. The van der Waals surface area contributed by atoms with Crippen LogP contribution < -0.4 is 10.1 Å². The van der Waals surface area contributed by atoms with E-state index in [4.69, 9.17) is 9.84 Å². The summed E-state index contributed by atoms with van der Waals surface area (Å²) in [5, 5.41) is 12.1. The van der Waals surface area contributed by atoms with Crippen LogP contribution in [0, 0.1) is 5.92 Å². The number of ether oxygens (including phenoxy) is 1. The van der Waals surface area contributed by atoms with Crippen LogP contribution in [0.25, 0.3) is 0 Å². The Balaban J connectivity index is 1.61. The molecule has 1 unspecified atom stereocenters. The third-order valence-electron chi connectivity index (χ3n) is 5.17. The van der Waals surface area contributed by atoms with Crippen LogP contribution in [-0.2, 0) is 10.2 Å². The fraction of sp³-hybridized carbons (Fsp3) is 0.556. The summed E-state index contributed by atoms with van der Waals surface area (Å²) in [6.07, 6.45) is 3.42. The first-order valence-corrected chi connectivity index (χ1v) is 8.45. The predicted octanol–water partition coefficient (Wildman–Crippen LogP) is 2.23. The number of carboxylic acids is 1. The first-order chi connectivity index (χ1) is 11.6. The molecule has 1 aromatic carbocycles. The van der Waals surface area contributed by atoms with Gasteiger partial charge in [0.1, 0.15) is 5.75 Å². The Morgan fingerprint density at radius 3 is 2.79 bits per heavy atom. The number of hydrogen-bond donors (Lipinski definition) is 2.